The van der Waals surface area contributed by atoms with Gasteiger partial charge in [-0.1, -0.05) is 42.5 Å². The molecule has 1 unspecified atom stereocenters. The molecule has 5 heteroatoms. The smallest absolute Gasteiger partial charge is 0.222 e. The quantitative estimate of drug-likeness (QED) is 0.902. The van der Waals surface area contributed by atoms with Gasteiger partial charge in [0.25, 0.3) is 0 Å². The largest absolute Gasteiger partial charge is 0.486 e. The molecule has 5 nitrogen and oxygen atoms in total. The number of para-hydroxylation sites is 2. The summed E-state index contributed by atoms with van der Waals surface area (Å²) in [7, 11) is 0. The summed E-state index contributed by atoms with van der Waals surface area (Å²) in [6, 6.07) is 17.3. The van der Waals surface area contributed by atoms with Crippen molar-refractivity contribution in [1.82, 2.24) is 4.90 Å². The van der Waals surface area contributed by atoms with Crippen LogP contribution in [-0.4, -0.2) is 41.7 Å². The van der Waals surface area contributed by atoms with Gasteiger partial charge in [-0.25, -0.2) is 0 Å². The molecule has 0 spiro atoms. The normalized spacial score (nSPS) is 20.9. The Labute approximate surface area is 159 Å². The highest BCUT2D eigenvalue weighted by molar-refractivity contribution is 5.76. The van der Waals surface area contributed by atoms with Crippen molar-refractivity contribution in [3.63, 3.8) is 0 Å². The van der Waals surface area contributed by atoms with Gasteiger partial charge in [-0.05, 0) is 37.0 Å². The summed E-state index contributed by atoms with van der Waals surface area (Å²) in [4.78, 5) is 14.4. The van der Waals surface area contributed by atoms with Crippen LogP contribution in [0.15, 0.2) is 54.6 Å². The van der Waals surface area contributed by atoms with E-state index in [0.717, 1.165) is 17.1 Å². The molecule has 2 aliphatic rings. The van der Waals surface area contributed by atoms with Gasteiger partial charge in [0.1, 0.15) is 12.7 Å². The molecule has 0 aromatic heterocycles. The number of hydrogen-bond donors (Lipinski definition) is 1. The second-order valence-electron chi connectivity index (χ2n) is 7.31. The summed E-state index contributed by atoms with van der Waals surface area (Å²) in [5.41, 5.74) is 0.103. The molecular weight excluding hydrogens is 342 g/mol. The molecule has 0 saturated carbocycles. The first-order valence-electron chi connectivity index (χ1n) is 9.58. The maximum atomic E-state index is 12.6. The Bertz CT molecular complexity index is 784. The Morgan fingerprint density at radius 1 is 1.04 bits per heavy atom. The first-order valence-corrected chi connectivity index (χ1v) is 9.58. The molecule has 27 heavy (non-hydrogen) atoms. The lowest BCUT2D eigenvalue weighted by Gasteiger charge is -2.38. The zero-order valence-corrected chi connectivity index (χ0v) is 15.3. The zero-order valence-electron chi connectivity index (χ0n) is 15.3. The van der Waals surface area contributed by atoms with Gasteiger partial charge in [-0.15, -0.1) is 0 Å². The van der Waals surface area contributed by atoms with E-state index in [2.05, 4.69) is 0 Å². The van der Waals surface area contributed by atoms with Crippen LogP contribution in [0.5, 0.6) is 11.5 Å². The van der Waals surface area contributed by atoms with Gasteiger partial charge in [0.15, 0.2) is 11.5 Å². The van der Waals surface area contributed by atoms with Crippen LogP contribution in [0.3, 0.4) is 0 Å². The number of nitrogens with zero attached hydrogens (tertiary/aromatic N) is 1. The van der Waals surface area contributed by atoms with Gasteiger partial charge in [0.05, 0.1) is 5.60 Å². The molecule has 0 radical (unpaired) electrons. The number of aliphatic hydroxyl groups is 1. The lowest BCUT2D eigenvalue weighted by Crippen LogP contribution is -2.45. The first kappa shape index (κ1) is 17.9. The van der Waals surface area contributed by atoms with E-state index in [9.17, 15) is 9.90 Å². The van der Waals surface area contributed by atoms with Gasteiger partial charge < -0.3 is 19.5 Å². The van der Waals surface area contributed by atoms with E-state index in [1.165, 1.54) is 0 Å². The summed E-state index contributed by atoms with van der Waals surface area (Å²) in [6.07, 6.45) is 2.10. The average Bonchev–Trinajstić information content (AvgIpc) is 2.73. The highest BCUT2D eigenvalue weighted by Crippen LogP contribution is 2.34. The molecule has 1 atom stereocenters. The summed E-state index contributed by atoms with van der Waals surface area (Å²) in [6.45, 7) is 1.63. The lowest BCUT2D eigenvalue weighted by atomic mass is 9.84. The maximum absolute atomic E-state index is 12.6. The molecule has 142 valence electrons. The summed E-state index contributed by atoms with van der Waals surface area (Å²) < 4.78 is 11.6. The molecule has 2 aromatic rings. The minimum absolute atomic E-state index is 0.102. The number of rotatable bonds is 4. The van der Waals surface area contributed by atoms with E-state index in [1.54, 1.807) is 0 Å². The lowest BCUT2D eigenvalue weighted by molar-refractivity contribution is -0.136. The minimum atomic E-state index is -0.831. The fraction of sp³-hybridized carbons (Fsp3) is 0.409. The monoisotopic (exact) mass is 367 g/mol. The highest BCUT2D eigenvalue weighted by Gasteiger charge is 2.35. The third-order valence-electron chi connectivity index (χ3n) is 5.50. The van der Waals surface area contributed by atoms with Crippen LogP contribution in [0.2, 0.25) is 0 Å². The number of carbonyl (C=O) groups excluding carboxylic acids is 1. The molecule has 2 heterocycles. The third kappa shape index (κ3) is 3.93. The van der Waals surface area contributed by atoms with Crippen molar-refractivity contribution in [2.24, 2.45) is 0 Å². The SMILES string of the molecule is O=C(CCC1COc2ccccc2O1)N1CCC(O)(c2ccccc2)CC1. The predicted molar refractivity (Wildman–Crippen MR) is 102 cm³/mol. The summed E-state index contributed by atoms with van der Waals surface area (Å²) in [5, 5.41) is 10.9. The minimum Gasteiger partial charge on any atom is -0.486 e. The first-order chi connectivity index (χ1) is 13.1. The molecule has 0 aliphatic carbocycles. The number of hydrogen-bond acceptors (Lipinski definition) is 4. The molecule has 1 amide bonds. The molecule has 1 N–H and O–H groups in total. The van der Waals surface area contributed by atoms with Crippen LogP contribution in [0.1, 0.15) is 31.2 Å². The van der Waals surface area contributed by atoms with Crippen molar-refractivity contribution in [1.29, 1.82) is 0 Å². The third-order valence-corrected chi connectivity index (χ3v) is 5.50. The van der Waals surface area contributed by atoms with E-state index in [-0.39, 0.29) is 12.0 Å². The number of ether oxygens (including phenoxy) is 2. The molecule has 1 saturated heterocycles. The number of fused-ring (bicyclic) bond motifs is 1. The van der Waals surface area contributed by atoms with Gasteiger partial charge >= 0.3 is 0 Å². The Morgan fingerprint density at radius 2 is 1.70 bits per heavy atom. The molecule has 4 rings (SSSR count). The van der Waals surface area contributed by atoms with Crippen molar-refractivity contribution in [2.75, 3.05) is 19.7 Å². The molecular formula is C22H25NO4. The fourth-order valence-electron chi connectivity index (χ4n) is 3.81. The number of benzene rings is 2. The Balaban J connectivity index is 1.27. The number of piperidine rings is 1. The Hall–Kier alpha value is -2.53. The maximum Gasteiger partial charge on any atom is 0.222 e. The van der Waals surface area contributed by atoms with Crippen LogP contribution in [0.4, 0.5) is 0 Å². The molecule has 2 aromatic carbocycles. The average molecular weight is 367 g/mol. The van der Waals surface area contributed by atoms with Gasteiger partial charge in [0.2, 0.25) is 5.91 Å². The van der Waals surface area contributed by atoms with Gasteiger partial charge in [-0.3, -0.25) is 4.79 Å². The van der Waals surface area contributed by atoms with E-state index in [0.29, 0.717) is 45.4 Å². The molecule has 1 fully saturated rings. The van der Waals surface area contributed by atoms with Crippen LogP contribution in [-0.2, 0) is 10.4 Å². The van der Waals surface area contributed by atoms with Crippen molar-refractivity contribution < 1.29 is 19.4 Å². The van der Waals surface area contributed by atoms with Crippen molar-refractivity contribution >= 4 is 5.91 Å². The fourth-order valence-corrected chi connectivity index (χ4v) is 3.81. The van der Waals surface area contributed by atoms with E-state index >= 15 is 0 Å². The highest BCUT2D eigenvalue weighted by atomic mass is 16.6. The summed E-state index contributed by atoms with van der Waals surface area (Å²) >= 11 is 0. The van der Waals surface area contributed by atoms with Crippen molar-refractivity contribution in [3.05, 3.63) is 60.2 Å². The topological polar surface area (TPSA) is 59.0 Å². The number of amides is 1. The number of likely N-dealkylation sites (tertiary alicyclic amines) is 1. The standard InChI is InChI=1S/C22H25NO4/c24-21(11-10-18-16-26-19-8-4-5-9-20(19)27-18)23-14-12-22(25,13-15-23)17-6-2-1-3-7-17/h1-9,18,25H,10-16H2. The zero-order chi connectivity index (χ0) is 18.7. The van der Waals surface area contributed by atoms with Crippen LogP contribution in [0.25, 0.3) is 0 Å². The van der Waals surface area contributed by atoms with Crippen LogP contribution < -0.4 is 9.47 Å². The van der Waals surface area contributed by atoms with E-state index < -0.39 is 5.60 Å². The second-order valence-corrected chi connectivity index (χ2v) is 7.31. The molecule has 0 bridgehead atoms. The van der Waals surface area contributed by atoms with E-state index in [1.807, 2.05) is 59.5 Å². The Kier molecular flexibility index (Phi) is 5.03. The summed E-state index contributed by atoms with van der Waals surface area (Å²) in [5.74, 6) is 1.62. The predicted octanol–water partition coefficient (Wildman–Crippen LogP) is 3.12. The van der Waals surface area contributed by atoms with Gasteiger partial charge in [-0.2, -0.15) is 0 Å². The van der Waals surface area contributed by atoms with Crippen LogP contribution >= 0.6 is 0 Å². The number of carbonyl (C=O) groups is 1. The van der Waals surface area contributed by atoms with E-state index in [4.69, 9.17) is 9.47 Å². The van der Waals surface area contributed by atoms with Crippen molar-refractivity contribution in [2.45, 2.75) is 37.4 Å². The van der Waals surface area contributed by atoms with Gasteiger partial charge in [0, 0.05) is 19.5 Å². The second kappa shape index (κ2) is 7.61. The van der Waals surface area contributed by atoms with Crippen LogP contribution in [0, 0.1) is 0 Å². The van der Waals surface area contributed by atoms with Crippen molar-refractivity contribution in [3.8, 4) is 11.5 Å². The Morgan fingerprint density at radius 3 is 2.44 bits per heavy atom. The molecule has 2 aliphatic heterocycles.